The van der Waals surface area contributed by atoms with Gasteiger partial charge in [-0.25, -0.2) is 13.6 Å². The number of fused-ring (bicyclic) bond motifs is 1. The summed E-state index contributed by atoms with van der Waals surface area (Å²) in [6, 6.07) is 1.18. The molecule has 1 atom stereocenters. The van der Waals surface area contributed by atoms with E-state index in [1.165, 1.54) is 11.8 Å². The van der Waals surface area contributed by atoms with Gasteiger partial charge in [0.15, 0.2) is 17.5 Å². The van der Waals surface area contributed by atoms with Crippen LogP contribution in [0, 0.1) is 11.6 Å². The first-order valence-electron chi connectivity index (χ1n) is 10.9. The van der Waals surface area contributed by atoms with Gasteiger partial charge >= 0.3 is 12.0 Å². The predicted molar refractivity (Wildman–Crippen MR) is 126 cm³/mol. The van der Waals surface area contributed by atoms with Crippen molar-refractivity contribution in [3.63, 3.8) is 0 Å². The summed E-state index contributed by atoms with van der Waals surface area (Å²) < 4.78 is 39.7. The van der Waals surface area contributed by atoms with Gasteiger partial charge in [0.25, 0.3) is 0 Å². The number of benzene rings is 1. The fourth-order valence-electron chi connectivity index (χ4n) is 3.81. The van der Waals surface area contributed by atoms with Gasteiger partial charge in [-0.15, -0.1) is 12.4 Å². The summed E-state index contributed by atoms with van der Waals surface area (Å²) in [5, 5.41) is 2.77. The minimum absolute atomic E-state index is 0. The maximum Gasteiger partial charge on any atom is 0.331 e. The zero-order valence-electron chi connectivity index (χ0n) is 19.4. The summed E-state index contributed by atoms with van der Waals surface area (Å²) in [6.07, 6.45) is 1.78. The molecule has 3 N–H and O–H groups in total. The van der Waals surface area contributed by atoms with Crippen molar-refractivity contribution in [2.24, 2.45) is 10.7 Å². The number of halogens is 3. The highest BCUT2D eigenvalue weighted by Gasteiger charge is 2.33. The van der Waals surface area contributed by atoms with E-state index in [9.17, 15) is 18.4 Å². The Hall–Kier alpha value is -3.32. The van der Waals surface area contributed by atoms with Crippen LogP contribution in [0.1, 0.15) is 6.92 Å². The number of anilines is 1. The number of nitrogens with one attached hydrogen (secondary N) is 1. The standard InChI is InChI=1S/C21H27F2N7O4.ClH/c1-13(24)19(31)34-8-7-33-14-9-15(22)18(16(23)10-14)28-3-5-29(6-4-28)20-25-17-11-27(2)12-30(17)21(32)26-20;/h9-11,13H,3-8,12,24H2,1-2H3,(H,25,26,32);1H. The number of hydrogen-bond acceptors (Lipinski definition) is 9. The van der Waals surface area contributed by atoms with E-state index < -0.39 is 23.6 Å². The largest absolute Gasteiger partial charge is 0.490 e. The number of carbonyl (C=O) groups excluding carboxylic acids is 2. The minimum atomic E-state index is -0.757. The van der Waals surface area contributed by atoms with E-state index in [4.69, 9.17) is 15.2 Å². The van der Waals surface area contributed by atoms with E-state index >= 15 is 0 Å². The number of carbonyl (C=O) groups is 2. The summed E-state index contributed by atoms with van der Waals surface area (Å²) in [7, 11) is 1.85. The molecule has 11 nitrogen and oxygen atoms in total. The van der Waals surface area contributed by atoms with Crippen molar-refractivity contribution in [2.75, 3.05) is 58.0 Å². The Labute approximate surface area is 207 Å². The van der Waals surface area contributed by atoms with E-state index in [2.05, 4.69) is 10.3 Å². The van der Waals surface area contributed by atoms with Crippen LogP contribution in [0.3, 0.4) is 0 Å². The topological polar surface area (TPSA) is 116 Å². The molecule has 1 aromatic carbocycles. The molecule has 1 unspecified atom stereocenters. The normalized spacial score (nSPS) is 18.3. The molecule has 0 saturated carbocycles. The molecular formula is C21H28ClF2N7O4. The number of urea groups is 1. The smallest absolute Gasteiger partial charge is 0.331 e. The third-order valence-corrected chi connectivity index (χ3v) is 5.52. The van der Waals surface area contributed by atoms with Gasteiger partial charge in [0.1, 0.15) is 37.4 Å². The minimum Gasteiger partial charge on any atom is -0.490 e. The van der Waals surface area contributed by atoms with Gasteiger partial charge in [0.05, 0.1) is 0 Å². The van der Waals surface area contributed by atoms with Crippen LogP contribution in [0.4, 0.5) is 19.3 Å². The molecule has 0 radical (unpaired) electrons. The average Bonchev–Trinajstić information content (AvgIpc) is 3.17. The highest BCUT2D eigenvalue weighted by atomic mass is 35.5. The fourth-order valence-corrected chi connectivity index (χ4v) is 3.81. The molecule has 0 bridgehead atoms. The van der Waals surface area contributed by atoms with Crippen molar-refractivity contribution >= 4 is 36.1 Å². The predicted octanol–water partition coefficient (Wildman–Crippen LogP) is 0.861. The van der Waals surface area contributed by atoms with Gasteiger partial charge < -0.3 is 29.9 Å². The number of esters is 1. The molecule has 0 aliphatic carbocycles. The second-order valence-electron chi connectivity index (χ2n) is 8.19. The molecule has 14 heteroatoms. The van der Waals surface area contributed by atoms with Crippen LogP contribution in [0.25, 0.3) is 0 Å². The molecule has 0 aromatic heterocycles. The summed E-state index contributed by atoms with van der Waals surface area (Å²) in [5.41, 5.74) is 5.24. The van der Waals surface area contributed by atoms with Crippen LogP contribution in [-0.2, 0) is 9.53 Å². The Bertz CT molecular complexity index is 1010. The number of rotatable bonds is 6. The summed E-state index contributed by atoms with van der Waals surface area (Å²) in [6.45, 7) is 3.28. The second kappa shape index (κ2) is 11.0. The number of nitrogens with zero attached hydrogens (tertiary/aromatic N) is 5. The maximum atomic E-state index is 14.7. The Kier molecular flexibility index (Phi) is 8.22. The van der Waals surface area contributed by atoms with E-state index in [1.54, 1.807) is 11.1 Å². The average molecular weight is 516 g/mol. The van der Waals surface area contributed by atoms with E-state index in [0.717, 1.165) is 12.1 Å². The zero-order chi connectivity index (χ0) is 24.4. The van der Waals surface area contributed by atoms with Crippen LogP contribution in [0.2, 0.25) is 0 Å². The number of nitrogens with two attached hydrogens (primary N) is 1. The van der Waals surface area contributed by atoms with Gasteiger partial charge in [-0.1, -0.05) is 0 Å². The highest BCUT2D eigenvalue weighted by molar-refractivity contribution is 5.99. The Morgan fingerprint density at radius 3 is 2.43 bits per heavy atom. The Morgan fingerprint density at radius 2 is 1.80 bits per heavy atom. The van der Waals surface area contributed by atoms with Crippen molar-refractivity contribution in [3.8, 4) is 5.75 Å². The molecule has 3 heterocycles. The lowest BCUT2D eigenvalue weighted by atomic mass is 10.2. The van der Waals surface area contributed by atoms with Crippen molar-refractivity contribution in [1.82, 2.24) is 20.0 Å². The molecule has 1 fully saturated rings. The van der Waals surface area contributed by atoms with Crippen LogP contribution < -0.4 is 20.7 Å². The van der Waals surface area contributed by atoms with Crippen LogP contribution >= 0.6 is 12.4 Å². The lowest BCUT2D eigenvalue weighted by Gasteiger charge is -2.39. The number of ether oxygens (including phenoxy) is 2. The Balaban J connectivity index is 0.00000342. The second-order valence-corrected chi connectivity index (χ2v) is 8.19. The quantitative estimate of drug-likeness (QED) is 0.423. The lowest BCUT2D eigenvalue weighted by molar-refractivity contribution is -0.145. The first-order valence-corrected chi connectivity index (χ1v) is 10.9. The molecule has 2 amide bonds. The van der Waals surface area contributed by atoms with E-state index in [-0.39, 0.29) is 43.1 Å². The van der Waals surface area contributed by atoms with Gasteiger partial charge in [-0.05, 0) is 6.92 Å². The molecule has 3 aliphatic rings. The number of guanidine groups is 1. The highest BCUT2D eigenvalue weighted by Crippen LogP contribution is 2.29. The van der Waals surface area contributed by atoms with Crippen molar-refractivity contribution in [1.29, 1.82) is 0 Å². The maximum absolute atomic E-state index is 14.7. The third kappa shape index (κ3) is 5.85. The third-order valence-electron chi connectivity index (χ3n) is 5.52. The number of piperazine rings is 1. The lowest BCUT2D eigenvalue weighted by Crippen LogP contribution is -2.57. The molecule has 192 valence electrons. The van der Waals surface area contributed by atoms with Gasteiger partial charge in [0.2, 0.25) is 5.96 Å². The van der Waals surface area contributed by atoms with Gasteiger partial charge in [-0.3, -0.25) is 15.0 Å². The Morgan fingerprint density at radius 1 is 1.17 bits per heavy atom. The van der Waals surface area contributed by atoms with Gasteiger partial charge in [0, 0.05) is 51.6 Å². The van der Waals surface area contributed by atoms with Crippen LogP contribution in [-0.4, -0.2) is 91.8 Å². The molecule has 35 heavy (non-hydrogen) atoms. The van der Waals surface area contributed by atoms with Gasteiger partial charge in [-0.2, -0.15) is 4.99 Å². The van der Waals surface area contributed by atoms with Crippen LogP contribution in [0.5, 0.6) is 5.75 Å². The molecule has 0 spiro atoms. The summed E-state index contributed by atoms with van der Waals surface area (Å²) >= 11 is 0. The summed E-state index contributed by atoms with van der Waals surface area (Å²) in [4.78, 5) is 35.0. The molecule has 4 rings (SSSR count). The monoisotopic (exact) mass is 515 g/mol. The number of aliphatic imine (C=N–C) groups is 1. The number of amides is 2. The molecular weight excluding hydrogens is 488 g/mol. The van der Waals surface area contributed by atoms with E-state index in [0.29, 0.717) is 44.6 Å². The summed E-state index contributed by atoms with van der Waals surface area (Å²) in [5.74, 6) is -1.12. The number of hydrogen-bond donors (Lipinski definition) is 2. The fraction of sp³-hybridized carbons (Fsp3) is 0.476. The molecule has 1 saturated heterocycles. The first kappa shape index (κ1) is 26.3. The van der Waals surface area contributed by atoms with Crippen LogP contribution in [0.15, 0.2) is 29.1 Å². The van der Waals surface area contributed by atoms with Crippen molar-refractivity contribution in [2.45, 2.75) is 13.0 Å². The first-order chi connectivity index (χ1) is 16.2. The van der Waals surface area contributed by atoms with Crippen molar-refractivity contribution in [3.05, 3.63) is 35.8 Å². The van der Waals surface area contributed by atoms with E-state index in [1.807, 2.05) is 16.8 Å². The SMILES string of the molecule is CC(N)C(=O)OCCOc1cc(F)c(N2CCN(C3=NC4=CN(C)CN4C(=O)N3)CC2)c(F)c1.Cl. The zero-order valence-corrected chi connectivity index (χ0v) is 20.2. The van der Waals surface area contributed by atoms with Crippen molar-refractivity contribution < 1.29 is 27.8 Å². The molecule has 3 aliphatic heterocycles. The molecule has 1 aromatic rings.